The number of hydrogen-bond donors (Lipinski definition) is 4. The maximum atomic E-state index is 13.5. The molecule has 0 unspecified atom stereocenters. The van der Waals surface area contributed by atoms with Crippen LogP contribution in [-0.4, -0.2) is 62.6 Å². The summed E-state index contributed by atoms with van der Waals surface area (Å²) >= 11 is 0. The van der Waals surface area contributed by atoms with Crippen LogP contribution in [0.1, 0.15) is 27.0 Å². The van der Waals surface area contributed by atoms with Crippen molar-refractivity contribution < 1.29 is 45.8 Å². The summed E-state index contributed by atoms with van der Waals surface area (Å²) in [6.45, 7) is 1.26. The Hall–Kier alpha value is -5.51. The molecule has 264 valence electrons. The Labute approximate surface area is 287 Å². The molecule has 0 radical (unpaired) electrons. The van der Waals surface area contributed by atoms with E-state index in [0.29, 0.717) is 18.7 Å². The predicted octanol–water partition coefficient (Wildman–Crippen LogP) is 4.57. The van der Waals surface area contributed by atoms with Gasteiger partial charge in [0.05, 0.1) is 12.0 Å². The molecule has 50 heavy (non-hydrogen) atoms. The fraction of sp³-hybridized carbons (Fsp3) is 0.171. The SMILES string of the molecule is COc1ccc(C=CC(=O)N(Cc2ccc(S(N)(=O)=O)cc2)Cc2cccc(-c3cccc(C(=O)NCCN)c3)c2)cc1.O=C(O)C(F)(F)F. The highest BCUT2D eigenvalue weighted by Crippen LogP contribution is 2.23. The van der Waals surface area contributed by atoms with E-state index in [0.717, 1.165) is 33.6 Å². The Kier molecular flexibility index (Phi) is 13.8. The zero-order valence-electron chi connectivity index (χ0n) is 26.8. The Balaban J connectivity index is 0.000000872. The lowest BCUT2D eigenvalue weighted by Crippen LogP contribution is -2.29. The smallest absolute Gasteiger partial charge is 0.490 e. The summed E-state index contributed by atoms with van der Waals surface area (Å²) in [5, 5.41) is 15.1. The van der Waals surface area contributed by atoms with Crippen LogP contribution in [0.5, 0.6) is 5.75 Å². The van der Waals surface area contributed by atoms with Crippen molar-refractivity contribution in [3.8, 4) is 16.9 Å². The minimum Gasteiger partial charge on any atom is -0.497 e. The van der Waals surface area contributed by atoms with Crippen molar-refractivity contribution >= 4 is 33.9 Å². The molecule has 0 aliphatic heterocycles. The van der Waals surface area contributed by atoms with Gasteiger partial charge in [0.25, 0.3) is 5.91 Å². The van der Waals surface area contributed by atoms with E-state index < -0.39 is 22.2 Å². The molecule has 6 N–H and O–H groups in total. The number of alkyl halides is 3. The normalized spacial score (nSPS) is 11.3. The molecule has 2 amide bonds. The largest absolute Gasteiger partial charge is 0.497 e. The first-order valence-electron chi connectivity index (χ1n) is 14.8. The zero-order valence-corrected chi connectivity index (χ0v) is 27.6. The number of carboxylic acids is 1. The first-order chi connectivity index (χ1) is 23.6. The molecule has 11 nitrogen and oxygen atoms in total. The van der Waals surface area contributed by atoms with E-state index >= 15 is 0 Å². The number of nitrogens with one attached hydrogen (secondary N) is 1. The van der Waals surface area contributed by atoms with Crippen molar-refractivity contribution in [3.63, 3.8) is 0 Å². The molecule has 0 saturated carbocycles. The van der Waals surface area contributed by atoms with Gasteiger partial charge in [0.15, 0.2) is 0 Å². The van der Waals surface area contributed by atoms with E-state index in [1.54, 1.807) is 36.3 Å². The number of carbonyl (C=O) groups excluding carboxylic acids is 2. The van der Waals surface area contributed by atoms with Crippen molar-refractivity contribution in [2.24, 2.45) is 10.9 Å². The fourth-order valence-electron chi connectivity index (χ4n) is 4.40. The van der Waals surface area contributed by atoms with Crippen LogP contribution >= 0.6 is 0 Å². The Morgan fingerprint density at radius 1 is 0.880 bits per heavy atom. The van der Waals surface area contributed by atoms with Gasteiger partial charge in [0, 0.05) is 37.8 Å². The van der Waals surface area contributed by atoms with Gasteiger partial charge < -0.3 is 25.8 Å². The van der Waals surface area contributed by atoms with Crippen molar-refractivity contribution in [3.05, 3.63) is 125 Å². The lowest BCUT2D eigenvalue weighted by atomic mass is 10.0. The van der Waals surface area contributed by atoms with Gasteiger partial charge in [-0.05, 0) is 76.4 Å². The summed E-state index contributed by atoms with van der Waals surface area (Å²) in [5.74, 6) is -2.46. The van der Waals surface area contributed by atoms with E-state index in [1.165, 1.54) is 18.2 Å². The number of halogens is 3. The lowest BCUT2D eigenvalue weighted by molar-refractivity contribution is -0.192. The summed E-state index contributed by atoms with van der Waals surface area (Å²) in [4.78, 5) is 36.5. The molecule has 0 fully saturated rings. The quantitative estimate of drug-likeness (QED) is 0.154. The third-order valence-electron chi connectivity index (χ3n) is 6.90. The number of amides is 2. The Morgan fingerprint density at radius 2 is 1.46 bits per heavy atom. The van der Waals surface area contributed by atoms with Crippen LogP contribution in [0.4, 0.5) is 13.2 Å². The third-order valence-corrected chi connectivity index (χ3v) is 7.83. The number of hydrogen-bond acceptors (Lipinski definition) is 7. The van der Waals surface area contributed by atoms with E-state index in [9.17, 15) is 31.2 Å². The molecule has 0 saturated heterocycles. The van der Waals surface area contributed by atoms with E-state index in [1.807, 2.05) is 66.7 Å². The van der Waals surface area contributed by atoms with Crippen molar-refractivity contribution in [2.75, 3.05) is 20.2 Å². The fourth-order valence-corrected chi connectivity index (χ4v) is 4.92. The third kappa shape index (κ3) is 12.2. The molecular weight excluding hydrogens is 677 g/mol. The van der Waals surface area contributed by atoms with Gasteiger partial charge in [-0.1, -0.05) is 54.6 Å². The molecular formula is C35H35F3N4O7S. The summed E-state index contributed by atoms with van der Waals surface area (Å²) in [5.41, 5.74) is 10.2. The van der Waals surface area contributed by atoms with E-state index in [-0.39, 0.29) is 29.8 Å². The van der Waals surface area contributed by atoms with Gasteiger partial charge in [-0.25, -0.2) is 18.4 Å². The second-order valence-electron chi connectivity index (χ2n) is 10.6. The van der Waals surface area contributed by atoms with Gasteiger partial charge in [0.2, 0.25) is 15.9 Å². The van der Waals surface area contributed by atoms with E-state index in [4.69, 9.17) is 25.5 Å². The number of rotatable bonds is 12. The number of ether oxygens (including phenoxy) is 1. The second-order valence-corrected chi connectivity index (χ2v) is 12.2. The standard InChI is InChI=1S/C33H34N4O5S.C2HF3O2/c1-42-30-13-8-24(9-14-30)12-17-32(38)37(22-25-10-15-31(16-11-25)43(35,40)41)23-26-4-2-5-27(20-26)28-6-3-7-29(21-28)33(39)36-19-18-34;3-2(4,5)1(6)7/h2-17,20-21H,18-19,22-23,34H2,1H3,(H,36,39)(H2,35,40,41);(H,6,7). The molecule has 4 aromatic rings. The number of carboxylic acid groups (broad SMARTS) is 1. The molecule has 0 aliphatic carbocycles. The van der Waals surface area contributed by atoms with Crippen LogP contribution in [0, 0.1) is 0 Å². The van der Waals surface area contributed by atoms with Gasteiger partial charge >= 0.3 is 12.1 Å². The van der Waals surface area contributed by atoms with Gasteiger partial charge in [-0.2, -0.15) is 13.2 Å². The molecule has 0 heterocycles. The van der Waals surface area contributed by atoms with E-state index in [2.05, 4.69) is 5.32 Å². The first kappa shape index (κ1) is 38.9. The number of primary sulfonamides is 1. The highest BCUT2D eigenvalue weighted by Gasteiger charge is 2.38. The van der Waals surface area contributed by atoms with Gasteiger partial charge in [0.1, 0.15) is 5.75 Å². The van der Waals surface area contributed by atoms with Crippen LogP contribution in [-0.2, 0) is 32.7 Å². The number of sulfonamides is 1. The summed E-state index contributed by atoms with van der Waals surface area (Å²) in [6, 6.07) is 28.6. The molecule has 15 heteroatoms. The summed E-state index contributed by atoms with van der Waals surface area (Å²) in [6.07, 6.45) is -1.84. The van der Waals surface area contributed by atoms with Gasteiger partial charge in [-0.15, -0.1) is 0 Å². The molecule has 4 rings (SSSR count). The van der Waals surface area contributed by atoms with Crippen LogP contribution in [0.2, 0.25) is 0 Å². The Morgan fingerprint density at radius 3 is 2.02 bits per heavy atom. The van der Waals surface area contributed by atoms with Crippen LogP contribution in [0.15, 0.2) is 108 Å². The Bertz CT molecular complexity index is 1920. The summed E-state index contributed by atoms with van der Waals surface area (Å²) < 4.78 is 60.3. The molecule has 0 bridgehead atoms. The van der Waals surface area contributed by atoms with Crippen LogP contribution in [0.25, 0.3) is 17.2 Å². The molecule has 0 aliphatic rings. The van der Waals surface area contributed by atoms with Crippen LogP contribution in [0.3, 0.4) is 0 Å². The highest BCUT2D eigenvalue weighted by molar-refractivity contribution is 7.89. The number of benzene rings is 4. The number of nitrogens with zero attached hydrogens (tertiary/aromatic N) is 1. The molecule has 0 aromatic heterocycles. The van der Waals surface area contributed by atoms with Gasteiger partial charge in [-0.3, -0.25) is 9.59 Å². The minimum absolute atomic E-state index is 0.000156. The minimum atomic E-state index is -5.08. The summed E-state index contributed by atoms with van der Waals surface area (Å²) in [7, 11) is -2.24. The second kappa shape index (κ2) is 17.8. The number of methoxy groups -OCH3 is 1. The maximum absolute atomic E-state index is 13.5. The highest BCUT2D eigenvalue weighted by atomic mass is 32.2. The average Bonchev–Trinajstić information content (AvgIpc) is 3.09. The topological polar surface area (TPSA) is 182 Å². The molecule has 4 aromatic carbocycles. The maximum Gasteiger partial charge on any atom is 0.490 e. The van der Waals surface area contributed by atoms with Crippen LogP contribution < -0.4 is 20.9 Å². The lowest BCUT2D eigenvalue weighted by Gasteiger charge is -2.22. The number of aliphatic carboxylic acids is 1. The van der Waals surface area contributed by atoms with Crippen molar-refractivity contribution in [2.45, 2.75) is 24.2 Å². The molecule has 0 atom stereocenters. The average molecular weight is 713 g/mol. The monoisotopic (exact) mass is 712 g/mol. The van der Waals surface area contributed by atoms with Crippen molar-refractivity contribution in [1.29, 1.82) is 0 Å². The number of nitrogens with two attached hydrogens (primary N) is 2. The first-order valence-corrected chi connectivity index (χ1v) is 16.4. The number of carbonyl (C=O) groups is 3. The molecule has 0 spiro atoms. The van der Waals surface area contributed by atoms with Crippen molar-refractivity contribution in [1.82, 2.24) is 10.2 Å². The predicted molar refractivity (Wildman–Crippen MR) is 181 cm³/mol. The zero-order chi connectivity index (χ0) is 36.9.